The first-order valence-corrected chi connectivity index (χ1v) is 8.96. The van der Waals surface area contributed by atoms with Gasteiger partial charge in [0.25, 0.3) is 10.1 Å². The Morgan fingerprint density at radius 3 is 2.55 bits per heavy atom. The van der Waals surface area contributed by atoms with Crippen LogP contribution in [-0.2, 0) is 19.0 Å². The molecule has 3 rings (SSSR count). The number of rotatable bonds is 4. The van der Waals surface area contributed by atoms with Gasteiger partial charge in [0.1, 0.15) is 11.7 Å². The molecule has 22 heavy (non-hydrogen) atoms. The molecule has 120 valence electrons. The van der Waals surface area contributed by atoms with E-state index in [1.807, 2.05) is 20.8 Å². The SMILES string of the molecule is C=C(C)[C@@H]1C[C@H]2O[C@@]2(C)[C@H](OS(=O)(=O)c2ccc(C)cc2)C1. The summed E-state index contributed by atoms with van der Waals surface area (Å²) in [6.45, 7) is 9.81. The minimum Gasteiger partial charge on any atom is -0.363 e. The van der Waals surface area contributed by atoms with E-state index in [-0.39, 0.29) is 16.9 Å². The van der Waals surface area contributed by atoms with E-state index in [2.05, 4.69) is 6.58 Å². The van der Waals surface area contributed by atoms with E-state index in [0.717, 1.165) is 17.6 Å². The maximum Gasteiger partial charge on any atom is 0.297 e. The molecule has 1 saturated carbocycles. The zero-order valence-corrected chi connectivity index (χ0v) is 14.0. The van der Waals surface area contributed by atoms with Crippen molar-refractivity contribution in [3.8, 4) is 0 Å². The summed E-state index contributed by atoms with van der Waals surface area (Å²) in [6.07, 6.45) is 1.14. The van der Waals surface area contributed by atoms with Gasteiger partial charge in [0.2, 0.25) is 0 Å². The number of allylic oxidation sites excluding steroid dienone is 1. The lowest BCUT2D eigenvalue weighted by Gasteiger charge is -2.30. The van der Waals surface area contributed by atoms with Crippen molar-refractivity contribution in [3.05, 3.63) is 42.0 Å². The van der Waals surface area contributed by atoms with Crippen LogP contribution in [0.2, 0.25) is 0 Å². The monoisotopic (exact) mass is 322 g/mol. The highest BCUT2D eigenvalue weighted by molar-refractivity contribution is 7.86. The quantitative estimate of drug-likeness (QED) is 0.485. The Morgan fingerprint density at radius 2 is 1.95 bits per heavy atom. The normalized spacial score (nSPS) is 34.0. The molecular weight excluding hydrogens is 300 g/mol. The molecule has 0 aromatic heterocycles. The maximum atomic E-state index is 12.5. The fourth-order valence-electron chi connectivity index (χ4n) is 3.14. The number of fused-ring (bicyclic) bond motifs is 1. The molecule has 0 spiro atoms. The summed E-state index contributed by atoms with van der Waals surface area (Å²) >= 11 is 0. The predicted octanol–water partition coefficient (Wildman–Crippen LogP) is 3.21. The topological polar surface area (TPSA) is 55.9 Å². The predicted molar refractivity (Wildman–Crippen MR) is 84.1 cm³/mol. The molecule has 4 nitrogen and oxygen atoms in total. The van der Waals surface area contributed by atoms with Crippen molar-refractivity contribution in [2.24, 2.45) is 5.92 Å². The van der Waals surface area contributed by atoms with Crippen LogP contribution >= 0.6 is 0 Å². The fraction of sp³-hybridized carbons (Fsp3) is 0.529. The minimum absolute atomic E-state index is 0.0705. The van der Waals surface area contributed by atoms with E-state index in [1.165, 1.54) is 0 Å². The lowest BCUT2D eigenvalue weighted by Crippen LogP contribution is -2.40. The van der Waals surface area contributed by atoms with Crippen LogP contribution in [-0.4, -0.2) is 26.2 Å². The summed E-state index contributed by atoms with van der Waals surface area (Å²) in [5, 5.41) is 0. The van der Waals surface area contributed by atoms with Gasteiger partial charge < -0.3 is 4.74 Å². The summed E-state index contributed by atoms with van der Waals surface area (Å²) in [5.74, 6) is 0.249. The standard InChI is InChI=1S/C17H22O4S/c1-11(2)13-9-15-17(4,20-15)16(10-13)21-22(18,19)14-7-5-12(3)6-8-14/h5-8,13,15-16H,1,9-10H2,2-4H3/t13-,15-,16-,17-/m1/s1. The molecule has 4 atom stereocenters. The van der Waals surface area contributed by atoms with Crippen LogP contribution in [0.5, 0.6) is 0 Å². The van der Waals surface area contributed by atoms with Gasteiger partial charge in [-0.2, -0.15) is 8.42 Å². The van der Waals surface area contributed by atoms with Gasteiger partial charge in [-0.3, -0.25) is 4.18 Å². The highest BCUT2D eigenvalue weighted by Crippen LogP contribution is 2.52. The van der Waals surface area contributed by atoms with Crippen LogP contribution in [0.1, 0.15) is 32.3 Å². The molecule has 1 aromatic rings. The number of aryl methyl sites for hydroxylation is 1. The van der Waals surface area contributed by atoms with Crippen LogP contribution in [0.3, 0.4) is 0 Å². The zero-order valence-electron chi connectivity index (χ0n) is 13.2. The molecule has 1 aliphatic heterocycles. The van der Waals surface area contributed by atoms with Gasteiger partial charge in [0, 0.05) is 0 Å². The van der Waals surface area contributed by atoms with Crippen molar-refractivity contribution in [1.82, 2.24) is 0 Å². The van der Waals surface area contributed by atoms with Crippen molar-refractivity contribution in [2.45, 2.75) is 56.3 Å². The van der Waals surface area contributed by atoms with Gasteiger partial charge in [-0.05, 0) is 51.7 Å². The van der Waals surface area contributed by atoms with E-state index >= 15 is 0 Å². The summed E-state index contributed by atoms with van der Waals surface area (Å²) in [4.78, 5) is 0.191. The average Bonchev–Trinajstić information content (AvgIpc) is 3.11. The third kappa shape index (κ3) is 2.73. The Labute approximate surface area is 132 Å². The summed E-state index contributed by atoms with van der Waals surface area (Å²) < 4.78 is 36.3. The molecular formula is C17H22O4S. The third-order valence-corrected chi connectivity index (χ3v) is 6.20. The molecule has 0 unspecified atom stereocenters. The van der Waals surface area contributed by atoms with Gasteiger partial charge in [-0.15, -0.1) is 0 Å². The Morgan fingerprint density at radius 1 is 1.32 bits per heavy atom. The zero-order chi connectivity index (χ0) is 16.1. The summed E-state index contributed by atoms with van der Waals surface area (Å²) in [5.41, 5.74) is 1.58. The lowest BCUT2D eigenvalue weighted by molar-refractivity contribution is 0.0919. The van der Waals surface area contributed by atoms with Gasteiger partial charge >= 0.3 is 0 Å². The molecule has 0 radical (unpaired) electrons. The van der Waals surface area contributed by atoms with Crippen LogP contribution in [0.25, 0.3) is 0 Å². The molecule has 2 aliphatic rings. The third-order valence-electron chi connectivity index (χ3n) is 4.86. The molecule has 5 heteroatoms. The van der Waals surface area contributed by atoms with Crippen molar-refractivity contribution < 1.29 is 17.3 Å². The first-order valence-electron chi connectivity index (χ1n) is 7.55. The van der Waals surface area contributed by atoms with E-state index in [9.17, 15) is 8.42 Å². The van der Waals surface area contributed by atoms with Gasteiger partial charge in [0.15, 0.2) is 0 Å². The first kappa shape index (κ1) is 15.7. The number of benzene rings is 1. The second-order valence-electron chi connectivity index (χ2n) is 6.66. The number of ether oxygens (including phenoxy) is 1. The fourth-order valence-corrected chi connectivity index (χ4v) is 4.29. The lowest BCUT2D eigenvalue weighted by atomic mass is 9.78. The van der Waals surface area contributed by atoms with Crippen LogP contribution in [0.4, 0.5) is 0 Å². The van der Waals surface area contributed by atoms with Crippen LogP contribution in [0.15, 0.2) is 41.3 Å². The molecule has 0 amide bonds. The highest BCUT2D eigenvalue weighted by Gasteiger charge is 2.63. The summed E-state index contributed by atoms with van der Waals surface area (Å²) in [7, 11) is -3.78. The van der Waals surface area contributed by atoms with Crippen molar-refractivity contribution in [1.29, 1.82) is 0 Å². The first-order chi connectivity index (χ1) is 10.2. The summed E-state index contributed by atoms with van der Waals surface area (Å²) in [6, 6.07) is 6.70. The van der Waals surface area contributed by atoms with Crippen molar-refractivity contribution in [3.63, 3.8) is 0 Å². The number of epoxide rings is 1. The Balaban J connectivity index is 1.81. The average molecular weight is 322 g/mol. The number of hydrogen-bond acceptors (Lipinski definition) is 4. The van der Waals surface area contributed by atoms with Gasteiger partial charge in [-0.1, -0.05) is 29.8 Å². The van der Waals surface area contributed by atoms with E-state index in [4.69, 9.17) is 8.92 Å². The van der Waals surface area contributed by atoms with Crippen molar-refractivity contribution in [2.75, 3.05) is 0 Å². The smallest absolute Gasteiger partial charge is 0.297 e. The Hall–Kier alpha value is -1.17. The Bertz CT molecular complexity index is 692. The van der Waals surface area contributed by atoms with Gasteiger partial charge in [-0.25, -0.2) is 0 Å². The largest absolute Gasteiger partial charge is 0.363 e. The van der Waals surface area contributed by atoms with Crippen molar-refractivity contribution >= 4 is 10.1 Å². The second-order valence-corrected chi connectivity index (χ2v) is 8.23. The molecule has 1 heterocycles. The highest BCUT2D eigenvalue weighted by atomic mass is 32.2. The maximum absolute atomic E-state index is 12.5. The Kier molecular flexibility index (Phi) is 3.70. The minimum atomic E-state index is -3.78. The second kappa shape index (κ2) is 5.18. The van der Waals surface area contributed by atoms with E-state index in [0.29, 0.717) is 6.42 Å². The van der Waals surface area contributed by atoms with Gasteiger partial charge in [0.05, 0.1) is 11.0 Å². The molecule has 0 bridgehead atoms. The molecule has 1 aromatic carbocycles. The van der Waals surface area contributed by atoms with E-state index in [1.54, 1.807) is 24.3 Å². The molecule has 1 saturated heterocycles. The molecule has 2 fully saturated rings. The molecule has 0 N–H and O–H groups in total. The van der Waals surface area contributed by atoms with E-state index < -0.39 is 21.8 Å². The number of hydrogen-bond donors (Lipinski definition) is 0. The molecule has 1 aliphatic carbocycles. The van der Waals surface area contributed by atoms with Crippen LogP contribution in [0, 0.1) is 12.8 Å². The van der Waals surface area contributed by atoms with Crippen LogP contribution < -0.4 is 0 Å².